The predicted molar refractivity (Wildman–Crippen MR) is 104 cm³/mol. The van der Waals surface area contributed by atoms with Crippen LogP contribution in [-0.4, -0.2) is 16.1 Å². The van der Waals surface area contributed by atoms with Gasteiger partial charge in [-0.15, -0.1) is 0 Å². The van der Waals surface area contributed by atoms with Crippen molar-refractivity contribution in [2.45, 2.75) is 6.92 Å². The minimum absolute atomic E-state index is 0.256. The SMILES string of the molecule is Cc1ccc(-c2cc(C(=O)O)c3cc(Br)ccc3n2)c2ccccc12. The molecule has 3 nitrogen and oxygen atoms in total. The van der Waals surface area contributed by atoms with Gasteiger partial charge in [0.2, 0.25) is 0 Å². The summed E-state index contributed by atoms with van der Waals surface area (Å²) in [5.74, 6) is -0.955. The lowest BCUT2D eigenvalue weighted by Crippen LogP contribution is -2.00. The molecule has 0 unspecified atom stereocenters. The number of carboxylic acid groups (broad SMARTS) is 1. The fourth-order valence-corrected chi connectivity index (χ4v) is 3.55. The zero-order valence-corrected chi connectivity index (χ0v) is 15.0. The third-order valence-electron chi connectivity index (χ3n) is 4.42. The van der Waals surface area contributed by atoms with Crippen LogP contribution in [0.3, 0.4) is 0 Å². The van der Waals surface area contributed by atoms with Crippen LogP contribution in [-0.2, 0) is 0 Å². The van der Waals surface area contributed by atoms with Crippen LogP contribution >= 0.6 is 15.9 Å². The van der Waals surface area contributed by atoms with Gasteiger partial charge in [-0.25, -0.2) is 9.78 Å². The van der Waals surface area contributed by atoms with Gasteiger partial charge in [0.25, 0.3) is 0 Å². The van der Waals surface area contributed by atoms with E-state index >= 15 is 0 Å². The van der Waals surface area contributed by atoms with Crippen molar-refractivity contribution in [1.82, 2.24) is 4.98 Å². The number of hydrogen-bond donors (Lipinski definition) is 1. The average Bonchev–Trinajstić information content (AvgIpc) is 2.61. The third-order valence-corrected chi connectivity index (χ3v) is 4.91. The van der Waals surface area contributed by atoms with Gasteiger partial charge in [-0.1, -0.05) is 52.3 Å². The van der Waals surface area contributed by atoms with Crippen molar-refractivity contribution in [3.63, 3.8) is 0 Å². The molecule has 1 N–H and O–H groups in total. The Morgan fingerprint density at radius 2 is 1.72 bits per heavy atom. The van der Waals surface area contributed by atoms with Crippen LogP contribution in [0, 0.1) is 6.92 Å². The molecule has 0 atom stereocenters. The fraction of sp³-hybridized carbons (Fsp3) is 0.0476. The summed E-state index contributed by atoms with van der Waals surface area (Å²) in [4.78, 5) is 16.5. The molecule has 0 spiro atoms. The van der Waals surface area contributed by atoms with E-state index in [1.165, 1.54) is 5.56 Å². The van der Waals surface area contributed by atoms with E-state index < -0.39 is 5.97 Å². The van der Waals surface area contributed by atoms with Crippen LogP contribution in [0.15, 0.2) is 65.1 Å². The molecule has 0 saturated carbocycles. The highest BCUT2D eigenvalue weighted by Crippen LogP contribution is 2.32. The highest BCUT2D eigenvalue weighted by molar-refractivity contribution is 9.10. The second kappa shape index (κ2) is 5.97. The smallest absolute Gasteiger partial charge is 0.336 e. The Bertz CT molecular complexity index is 1150. The van der Waals surface area contributed by atoms with Gasteiger partial charge in [0.15, 0.2) is 0 Å². The number of halogens is 1. The standard InChI is InChI=1S/C21H14BrNO2/c1-12-6-8-16(15-5-3-2-4-14(12)15)20-11-18(21(24)25)17-10-13(22)7-9-19(17)23-20/h2-11H,1H3,(H,24,25). The summed E-state index contributed by atoms with van der Waals surface area (Å²) in [5.41, 5.74) is 3.72. The Hall–Kier alpha value is -2.72. The molecule has 4 aromatic rings. The zero-order valence-electron chi connectivity index (χ0n) is 13.5. The Labute approximate surface area is 153 Å². The van der Waals surface area contributed by atoms with Gasteiger partial charge in [-0.2, -0.15) is 0 Å². The molecule has 122 valence electrons. The molecular weight excluding hydrogens is 378 g/mol. The van der Waals surface area contributed by atoms with Crippen LogP contribution in [0.5, 0.6) is 0 Å². The summed E-state index contributed by atoms with van der Waals surface area (Å²) in [6, 6.07) is 19.3. The normalized spacial score (nSPS) is 11.1. The maximum atomic E-state index is 11.8. The number of fused-ring (bicyclic) bond motifs is 2. The lowest BCUT2D eigenvalue weighted by Gasteiger charge is -2.11. The van der Waals surface area contributed by atoms with Crippen LogP contribution in [0.2, 0.25) is 0 Å². The molecule has 0 amide bonds. The number of hydrogen-bond acceptors (Lipinski definition) is 2. The molecular formula is C21H14BrNO2. The van der Waals surface area contributed by atoms with E-state index in [9.17, 15) is 9.90 Å². The Balaban J connectivity index is 2.07. The van der Waals surface area contributed by atoms with Crippen molar-refractivity contribution in [3.05, 3.63) is 76.3 Å². The van der Waals surface area contributed by atoms with Crippen LogP contribution in [0.25, 0.3) is 32.9 Å². The Morgan fingerprint density at radius 1 is 0.960 bits per heavy atom. The molecule has 4 heteroatoms. The zero-order chi connectivity index (χ0) is 17.6. The number of carboxylic acids is 1. The van der Waals surface area contributed by atoms with Gasteiger partial charge >= 0.3 is 5.97 Å². The second-order valence-corrected chi connectivity index (χ2v) is 6.91. The highest BCUT2D eigenvalue weighted by atomic mass is 79.9. The molecule has 0 saturated heterocycles. The van der Waals surface area contributed by atoms with E-state index in [0.29, 0.717) is 16.6 Å². The van der Waals surface area contributed by atoms with E-state index in [2.05, 4.69) is 28.9 Å². The molecule has 0 aliphatic carbocycles. The summed E-state index contributed by atoms with van der Waals surface area (Å²) >= 11 is 3.40. The number of benzene rings is 3. The summed E-state index contributed by atoms with van der Waals surface area (Å²) in [5, 5.41) is 12.5. The molecule has 0 bridgehead atoms. The number of nitrogens with zero attached hydrogens (tertiary/aromatic N) is 1. The second-order valence-electron chi connectivity index (χ2n) is 6.00. The summed E-state index contributed by atoms with van der Waals surface area (Å²) in [7, 11) is 0. The van der Waals surface area contributed by atoms with E-state index in [-0.39, 0.29) is 5.56 Å². The maximum absolute atomic E-state index is 11.8. The molecule has 1 aromatic heterocycles. The highest BCUT2D eigenvalue weighted by Gasteiger charge is 2.15. The first-order chi connectivity index (χ1) is 12.0. The molecule has 0 aliphatic rings. The first kappa shape index (κ1) is 15.8. The summed E-state index contributed by atoms with van der Waals surface area (Å²) < 4.78 is 0.831. The monoisotopic (exact) mass is 391 g/mol. The fourth-order valence-electron chi connectivity index (χ4n) is 3.19. The number of aromatic carboxylic acids is 1. The lowest BCUT2D eigenvalue weighted by atomic mass is 9.96. The Kier molecular flexibility index (Phi) is 3.77. The van der Waals surface area contributed by atoms with Gasteiger partial charge in [-0.05, 0) is 47.5 Å². The largest absolute Gasteiger partial charge is 0.478 e. The topological polar surface area (TPSA) is 50.2 Å². The minimum atomic E-state index is -0.955. The van der Waals surface area contributed by atoms with Crippen molar-refractivity contribution >= 4 is 43.6 Å². The molecule has 0 aliphatic heterocycles. The molecule has 25 heavy (non-hydrogen) atoms. The number of pyridine rings is 1. The van der Waals surface area contributed by atoms with Crippen molar-refractivity contribution in [2.75, 3.05) is 0 Å². The van der Waals surface area contributed by atoms with Gasteiger partial charge in [0.1, 0.15) is 0 Å². The molecule has 0 fully saturated rings. The van der Waals surface area contributed by atoms with E-state index in [1.807, 2.05) is 42.5 Å². The molecule has 3 aromatic carbocycles. The van der Waals surface area contributed by atoms with E-state index in [1.54, 1.807) is 12.1 Å². The summed E-state index contributed by atoms with van der Waals surface area (Å²) in [6.07, 6.45) is 0. The van der Waals surface area contributed by atoms with Crippen molar-refractivity contribution in [1.29, 1.82) is 0 Å². The van der Waals surface area contributed by atoms with Crippen LogP contribution in [0.1, 0.15) is 15.9 Å². The predicted octanol–water partition coefficient (Wildman–Crippen LogP) is 5.82. The van der Waals surface area contributed by atoms with Gasteiger partial charge in [0, 0.05) is 15.4 Å². The number of carbonyl (C=O) groups is 1. The van der Waals surface area contributed by atoms with Crippen LogP contribution in [0.4, 0.5) is 0 Å². The van der Waals surface area contributed by atoms with E-state index in [0.717, 1.165) is 20.8 Å². The first-order valence-corrected chi connectivity index (χ1v) is 8.66. The molecule has 4 rings (SSSR count). The number of aromatic nitrogens is 1. The maximum Gasteiger partial charge on any atom is 0.336 e. The number of aryl methyl sites for hydroxylation is 1. The lowest BCUT2D eigenvalue weighted by molar-refractivity contribution is 0.0699. The Morgan fingerprint density at radius 3 is 2.48 bits per heavy atom. The first-order valence-electron chi connectivity index (χ1n) is 7.87. The molecule has 1 heterocycles. The number of rotatable bonds is 2. The average molecular weight is 392 g/mol. The van der Waals surface area contributed by atoms with Gasteiger partial charge in [0.05, 0.1) is 16.8 Å². The third kappa shape index (κ3) is 2.68. The minimum Gasteiger partial charge on any atom is -0.478 e. The van der Waals surface area contributed by atoms with Crippen molar-refractivity contribution in [2.24, 2.45) is 0 Å². The van der Waals surface area contributed by atoms with Crippen molar-refractivity contribution in [3.8, 4) is 11.3 Å². The molecule has 0 radical (unpaired) electrons. The van der Waals surface area contributed by atoms with Gasteiger partial charge < -0.3 is 5.11 Å². The quantitative estimate of drug-likeness (QED) is 0.467. The van der Waals surface area contributed by atoms with E-state index in [4.69, 9.17) is 4.98 Å². The van der Waals surface area contributed by atoms with Crippen molar-refractivity contribution < 1.29 is 9.90 Å². The summed E-state index contributed by atoms with van der Waals surface area (Å²) in [6.45, 7) is 2.07. The van der Waals surface area contributed by atoms with Gasteiger partial charge in [-0.3, -0.25) is 0 Å². The van der Waals surface area contributed by atoms with Crippen LogP contribution < -0.4 is 0 Å².